The Morgan fingerprint density at radius 2 is 2.48 bits per heavy atom. The summed E-state index contributed by atoms with van der Waals surface area (Å²) < 4.78 is 10.5. The second kappa shape index (κ2) is 6.36. The van der Waals surface area contributed by atoms with Crippen LogP contribution in [0.5, 0.6) is 0 Å². The van der Waals surface area contributed by atoms with Gasteiger partial charge in [-0.2, -0.15) is 0 Å². The molecule has 0 saturated carbocycles. The minimum atomic E-state index is -0.486. The highest BCUT2D eigenvalue weighted by atomic mass is 16.5. The van der Waals surface area contributed by atoms with E-state index < -0.39 is 5.97 Å². The van der Waals surface area contributed by atoms with E-state index in [9.17, 15) is 4.79 Å². The summed E-state index contributed by atoms with van der Waals surface area (Å²) in [6, 6.07) is 0.601. The summed E-state index contributed by atoms with van der Waals surface area (Å²) in [6.07, 6.45) is 5.63. The average Bonchev–Trinajstić information content (AvgIpc) is 3.00. The van der Waals surface area contributed by atoms with Crippen LogP contribution in [0, 0.1) is 0 Å². The zero-order valence-corrected chi connectivity index (χ0v) is 12.1. The van der Waals surface area contributed by atoms with Crippen LogP contribution < -0.4 is 5.32 Å². The van der Waals surface area contributed by atoms with E-state index in [2.05, 4.69) is 24.9 Å². The fourth-order valence-electron chi connectivity index (χ4n) is 2.88. The van der Waals surface area contributed by atoms with Gasteiger partial charge in [-0.3, -0.25) is 9.88 Å². The standard InChI is InChI=1S/C14H20N4O3/c1-20-14(19)12-6-15-7-13(17-12)16-5-11-8-18-4-2-3-10(18)9-21-11/h6-7,10-11H,2-5,8-9H2,1H3,(H,16,17). The van der Waals surface area contributed by atoms with E-state index in [1.54, 1.807) is 6.20 Å². The quantitative estimate of drug-likeness (QED) is 0.811. The van der Waals surface area contributed by atoms with Crippen molar-refractivity contribution in [3.05, 3.63) is 18.1 Å². The molecule has 0 amide bonds. The number of nitrogens with one attached hydrogen (secondary N) is 1. The molecule has 2 aliphatic rings. The second-order valence-electron chi connectivity index (χ2n) is 5.41. The molecular formula is C14H20N4O3. The van der Waals surface area contributed by atoms with Crippen LogP contribution in [0.15, 0.2) is 12.4 Å². The lowest BCUT2D eigenvalue weighted by Gasteiger charge is -2.35. The van der Waals surface area contributed by atoms with Crippen molar-refractivity contribution in [3.8, 4) is 0 Å². The molecule has 3 rings (SSSR count). The highest BCUT2D eigenvalue weighted by molar-refractivity contribution is 5.87. The first-order valence-corrected chi connectivity index (χ1v) is 7.26. The number of carbonyl (C=O) groups is 1. The number of morpholine rings is 1. The molecule has 0 bridgehead atoms. The van der Waals surface area contributed by atoms with Crippen LogP contribution in [0.1, 0.15) is 23.3 Å². The maximum atomic E-state index is 11.4. The number of hydrogen-bond acceptors (Lipinski definition) is 7. The van der Waals surface area contributed by atoms with Crippen molar-refractivity contribution < 1.29 is 14.3 Å². The predicted molar refractivity (Wildman–Crippen MR) is 76.2 cm³/mol. The number of rotatable bonds is 4. The summed E-state index contributed by atoms with van der Waals surface area (Å²) in [7, 11) is 1.33. The number of fused-ring (bicyclic) bond motifs is 1. The fraction of sp³-hybridized carbons (Fsp3) is 0.643. The SMILES string of the molecule is COC(=O)c1cncc(NCC2CN3CCCC3CO2)n1. The molecule has 2 unspecified atom stereocenters. The van der Waals surface area contributed by atoms with Crippen LogP contribution in [-0.4, -0.2) is 66.3 Å². The molecule has 1 aromatic heterocycles. The number of aromatic nitrogens is 2. The number of methoxy groups -OCH3 is 1. The normalized spacial score (nSPS) is 25.4. The second-order valence-corrected chi connectivity index (χ2v) is 5.41. The Balaban J connectivity index is 1.54. The fourth-order valence-corrected chi connectivity index (χ4v) is 2.88. The van der Waals surface area contributed by atoms with Crippen molar-refractivity contribution in [2.45, 2.75) is 25.0 Å². The molecule has 0 radical (unpaired) electrons. The molecular weight excluding hydrogens is 272 g/mol. The van der Waals surface area contributed by atoms with Crippen LogP contribution in [0.3, 0.4) is 0 Å². The summed E-state index contributed by atoms with van der Waals surface area (Å²) >= 11 is 0. The van der Waals surface area contributed by atoms with Crippen molar-refractivity contribution in [1.82, 2.24) is 14.9 Å². The lowest BCUT2D eigenvalue weighted by Crippen LogP contribution is -2.48. The Morgan fingerprint density at radius 1 is 1.57 bits per heavy atom. The van der Waals surface area contributed by atoms with E-state index in [1.165, 1.54) is 32.7 Å². The highest BCUT2D eigenvalue weighted by Gasteiger charge is 2.31. The number of ether oxygens (including phenoxy) is 2. The Labute approximate surface area is 123 Å². The summed E-state index contributed by atoms with van der Waals surface area (Å²) in [6.45, 7) is 3.58. The van der Waals surface area contributed by atoms with E-state index in [4.69, 9.17) is 4.74 Å². The van der Waals surface area contributed by atoms with Gasteiger partial charge in [0.15, 0.2) is 5.69 Å². The van der Waals surface area contributed by atoms with Crippen LogP contribution in [0.25, 0.3) is 0 Å². The Morgan fingerprint density at radius 3 is 3.33 bits per heavy atom. The molecule has 114 valence electrons. The lowest BCUT2D eigenvalue weighted by atomic mass is 10.2. The lowest BCUT2D eigenvalue weighted by molar-refractivity contribution is -0.0416. The van der Waals surface area contributed by atoms with Crippen molar-refractivity contribution in [2.75, 3.05) is 38.7 Å². The van der Waals surface area contributed by atoms with Crippen molar-refractivity contribution >= 4 is 11.8 Å². The summed E-state index contributed by atoms with van der Waals surface area (Å²) in [5.74, 6) is 0.0741. The monoisotopic (exact) mass is 292 g/mol. The summed E-state index contributed by atoms with van der Waals surface area (Å²) in [5.41, 5.74) is 0.201. The van der Waals surface area contributed by atoms with Crippen LogP contribution in [-0.2, 0) is 9.47 Å². The first kappa shape index (κ1) is 14.2. The molecule has 0 aromatic carbocycles. The Hall–Kier alpha value is -1.73. The third-order valence-corrected chi connectivity index (χ3v) is 4.00. The minimum Gasteiger partial charge on any atom is -0.464 e. The molecule has 7 nitrogen and oxygen atoms in total. The first-order chi connectivity index (χ1) is 10.3. The molecule has 2 saturated heterocycles. The van der Waals surface area contributed by atoms with Gasteiger partial charge in [0.2, 0.25) is 0 Å². The van der Waals surface area contributed by atoms with Crippen LogP contribution >= 0.6 is 0 Å². The van der Waals surface area contributed by atoms with Crippen LogP contribution in [0.4, 0.5) is 5.82 Å². The van der Waals surface area contributed by atoms with Crippen molar-refractivity contribution in [3.63, 3.8) is 0 Å². The van der Waals surface area contributed by atoms with E-state index in [-0.39, 0.29) is 11.8 Å². The molecule has 2 fully saturated rings. The molecule has 0 aliphatic carbocycles. The third-order valence-electron chi connectivity index (χ3n) is 4.00. The number of esters is 1. The number of carbonyl (C=O) groups excluding carboxylic acids is 1. The van der Waals surface area contributed by atoms with E-state index >= 15 is 0 Å². The molecule has 2 aliphatic heterocycles. The van der Waals surface area contributed by atoms with Gasteiger partial charge in [-0.15, -0.1) is 0 Å². The zero-order valence-electron chi connectivity index (χ0n) is 12.1. The van der Waals surface area contributed by atoms with E-state index in [1.807, 2.05) is 0 Å². The number of nitrogens with zero attached hydrogens (tertiary/aromatic N) is 3. The molecule has 7 heteroatoms. The molecule has 1 N–H and O–H groups in total. The molecule has 2 atom stereocenters. The largest absolute Gasteiger partial charge is 0.464 e. The molecule has 1 aromatic rings. The summed E-state index contributed by atoms with van der Waals surface area (Å²) in [5, 5.41) is 3.18. The molecule has 21 heavy (non-hydrogen) atoms. The van der Waals surface area contributed by atoms with Crippen LogP contribution in [0.2, 0.25) is 0 Å². The highest BCUT2D eigenvalue weighted by Crippen LogP contribution is 2.22. The first-order valence-electron chi connectivity index (χ1n) is 7.26. The van der Waals surface area contributed by atoms with E-state index in [0.29, 0.717) is 18.4 Å². The number of anilines is 1. The maximum Gasteiger partial charge on any atom is 0.358 e. The Kier molecular flexibility index (Phi) is 4.31. The topological polar surface area (TPSA) is 76.6 Å². The van der Waals surface area contributed by atoms with Gasteiger partial charge in [-0.25, -0.2) is 9.78 Å². The van der Waals surface area contributed by atoms with Gasteiger partial charge in [0.25, 0.3) is 0 Å². The Bertz CT molecular complexity index is 511. The average molecular weight is 292 g/mol. The van der Waals surface area contributed by atoms with E-state index in [0.717, 1.165) is 13.2 Å². The number of hydrogen-bond donors (Lipinski definition) is 1. The van der Waals surface area contributed by atoms with Crippen molar-refractivity contribution in [1.29, 1.82) is 0 Å². The predicted octanol–water partition coefficient (Wildman–Crippen LogP) is 0.538. The van der Waals surface area contributed by atoms with Gasteiger partial charge in [-0.05, 0) is 19.4 Å². The summed E-state index contributed by atoms with van der Waals surface area (Å²) in [4.78, 5) is 22.1. The van der Waals surface area contributed by atoms with Gasteiger partial charge in [0, 0.05) is 19.1 Å². The van der Waals surface area contributed by atoms with Gasteiger partial charge >= 0.3 is 5.97 Å². The molecule has 0 spiro atoms. The van der Waals surface area contributed by atoms with Gasteiger partial charge in [-0.1, -0.05) is 0 Å². The van der Waals surface area contributed by atoms with Gasteiger partial charge in [0.05, 0.1) is 32.2 Å². The maximum absolute atomic E-state index is 11.4. The van der Waals surface area contributed by atoms with Gasteiger partial charge in [0.1, 0.15) is 5.82 Å². The van der Waals surface area contributed by atoms with Gasteiger partial charge < -0.3 is 14.8 Å². The third kappa shape index (κ3) is 3.30. The minimum absolute atomic E-state index is 0.142. The smallest absolute Gasteiger partial charge is 0.358 e. The molecule has 3 heterocycles. The zero-order chi connectivity index (χ0) is 14.7. The van der Waals surface area contributed by atoms with Crippen molar-refractivity contribution in [2.24, 2.45) is 0 Å².